The van der Waals surface area contributed by atoms with Crippen LogP contribution in [0.1, 0.15) is 47.3 Å². The van der Waals surface area contributed by atoms with Gasteiger partial charge in [0.05, 0.1) is 0 Å². The first kappa shape index (κ1) is 23.8. The van der Waals surface area contributed by atoms with Crippen molar-refractivity contribution in [1.82, 2.24) is 20.2 Å². The molecule has 0 unspecified atom stereocenters. The van der Waals surface area contributed by atoms with Gasteiger partial charge < -0.3 is 0 Å². The van der Waals surface area contributed by atoms with E-state index < -0.39 is 12.1 Å². The summed E-state index contributed by atoms with van der Waals surface area (Å²) in [6, 6.07) is 17.1. The minimum absolute atomic E-state index is 0.430. The van der Waals surface area contributed by atoms with E-state index in [0.29, 0.717) is 30.6 Å². The van der Waals surface area contributed by atoms with E-state index in [1.807, 2.05) is 12.1 Å². The van der Waals surface area contributed by atoms with Gasteiger partial charge in [-0.05, 0) is 49.1 Å². The molecule has 2 saturated heterocycles. The van der Waals surface area contributed by atoms with Crippen LogP contribution < -0.4 is 5.48 Å². The van der Waals surface area contributed by atoms with Gasteiger partial charge in [-0.25, -0.2) is 9.87 Å². The maximum absolute atomic E-state index is 13.4. The predicted molar refractivity (Wildman–Crippen MR) is 127 cm³/mol. The Labute approximate surface area is 195 Å². The molecule has 0 saturated carbocycles. The molecule has 0 spiro atoms. The van der Waals surface area contributed by atoms with Crippen molar-refractivity contribution in [3.63, 3.8) is 0 Å². The van der Waals surface area contributed by atoms with Crippen LogP contribution >= 0.6 is 0 Å². The maximum atomic E-state index is 13.4. The summed E-state index contributed by atoms with van der Waals surface area (Å²) in [5, 5.41) is 8.76. The number of halogens is 1. The summed E-state index contributed by atoms with van der Waals surface area (Å²) in [7, 11) is 0. The number of hydrogen-bond acceptors (Lipinski definition) is 5. The van der Waals surface area contributed by atoms with Gasteiger partial charge in [0.1, 0.15) is 6.17 Å². The average Bonchev–Trinajstić information content (AvgIpc) is 3.22. The molecule has 0 aromatic heterocycles. The monoisotopic (exact) mass is 454 g/mol. The lowest BCUT2D eigenvalue weighted by atomic mass is 10.0. The van der Waals surface area contributed by atoms with E-state index in [-0.39, 0.29) is 0 Å². The molecule has 33 heavy (non-hydrogen) atoms. The number of piperazine rings is 1. The maximum Gasteiger partial charge on any atom is 0.274 e. The van der Waals surface area contributed by atoms with Gasteiger partial charge in [-0.3, -0.25) is 24.7 Å². The summed E-state index contributed by atoms with van der Waals surface area (Å²) < 4.78 is 13.4. The summed E-state index contributed by atoms with van der Waals surface area (Å²) in [6.45, 7) is 10.6. The van der Waals surface area contributed by atoms with Gasteiger partial charge in [0.15, 0.2) is 0 Å². The second-order valence-electron chi connectivity index (χ2n) is 9.64. The highest BCUT2D eigenvalue weighted by Gasteiger charge is 2.29. The number of amides is 1. The molecule has 0 bridgehead atoms. The first-order valence-corrected chi connectivity index (χ1v) is 11.9. The topological polar surface area (TPSA) is 59.1 Å². The average molecular weight is 455 g/mol. The highest BCUT2D eigenvalue weighted by molar-refractivity contribution is 5.93. The smallest absolute Gasteiger partial charge is 0.274 e. The molecule has 2 aromatic carbocycles. The highest BCUT2D eigenvalue weighted by Crippen LogP contribution is 2.22. The van der Waals surface area contributed by atoms with E-state index in [2.05, 4.69) is 52.8 Å². The van der Waals surface area contributed by atoms with Crippen LogP contribution in [0.25, 0.3) is 0 Å². The number of nitrogens with zero attached hydrogens (tertiary/aromatic N) is 3. The molecule has 2 aliphatic heterocycles. The Bertz CT molecular complexity index is 909. The molecule has 4 rings (SSSR count). The van der Waals surface area contributed by atoms with Crippen LogP contribution in [0.3, 0.4) is 0 Å². The van der Waals surface area contributed by atoms with Crippen molar-refractivity contribution in [3.05, 3.63) is 70.8 Å². The minimum Gasteiger partial charge on any atom is -0.296 e. The number of hydrogen-bond donors (Lipinski definition) is 2. The summed E-state index contributed by atoms with van der Waals surface area (Å²) >= 11 is 0. The first-order chi connectivity index (χ1) is 15.9. The van der Waals surface area contributed by atoms with Gasteiger partial charge in [-0.15, -0.1) is 0 Å². The number of nitrogens with one attached hydrogen (secondary N) is 1. The molecule has 1 amide bonds. The van der Waals surface area contributed by atoms with Gasteiger partial charge >= 0.3 is 0 Å². The molecule has 0 aliphatic carbocycles. The quantitative estimate of drug-likeness (QED) is 0.496. The third-order valence-electron chi connectivity index (χ3n) is 6.91. The zero-order valence-electron chi connectivity index (χ0n) is 19.6. The number of benzene rings is 2. The molecule has 2 fully saturated rings. The number of alkyl halides is 1. The zero-order valence-corrected chi connectivity index (χ0v) is 19.6. The summed E-state index contributed by atoms with van der Waals surface area (Å²) in [5.74, 6) is -0.491. The fourth-order valence-electron chi connectivity index (χ4n) is 5.14. The summed E-state index contributed by atoms with van der Waals surface area (Å²) in [6.07, 6.45) is -0.00973. The molecule has 2 aromatic rings. The summed E-state index contributed by atoms with van der Waals surface area (Å²) in [5.41, 5.74) is 5.84. The molecule has 2 aliphatic rings. The Morgan fingerprint density at radius 2 is 1.39 bits per heavy atom. The van der Waals surface area contributed by atoms with Crippen molar-refractivity contribution < 1.29 is 14.4 Å². The lowest BCUT2D eigenvalue weighted by Crippen LogP contribution is -2.55. The Morgan fingerprint density at radius 1 is 0.879 bits per heavy atom. The Balaban J connectivity index is 1.29. The Hall–Kier alpha value is -2.32. The molecule has 3 atom stereocenters. The van der Waals surface area contributed by atoms with E-state index in [9.17, 15) is 9.18 Å². The molecule has 0 radical (unpaired) electrons. The van der Waals surface area contributed by atoms with Crippen molar-refractivity contribution in [3.8, 4) is 0 Å². The molecule has 7 heteroatoms. The van der Waals surface area contributed by atoms with E-state index in [4.69, 9.17) is 5.21 Å². The van der Waals surface area contributed by atoms with Crippen molar-refractivity contribution in [2.75, 3.05) is 26.2 Å². The van der Waals surface area contributed by atoms with Gasteiger partial charge in [0, 0.05) is 63.5 Å². The molecule has 178 valence electrons. The SMILES string of the molecule is C[C@@H]1CN(Cc2ccc(C(=O)NO)cc2)C[C@H](C)N1Cc1ccc(CN2CC[C@@H](F)C2)cc1. The van der Waals surface area contributed by atoms with Gasteiger partial charge in [-0.1, -0.05) is 36.4 Å². The third kappa shape index (κ3) is 6.18. The number of carbonyl (C=O) groups is 1. The second kappa shape index (κ2) is 10.7. The number of likely N-dealkylation sites (tertiary alicyclic amines) is 1. The minimum atomic E-state index is -0.668. The highest BCUT2D eigenvalue weighted by atomic mass is 19.1. The fraction of sp³-hybridized carbons (Fsp3) is 0.500. The van der Waals surface area contributed by atoms with Gasteiger partial charge in [-0.2, -0.15) is 0 Å². The van der Waals surface area contributed by atoms with Crippen molar-refractivity contribution in [2.24, 2.45) is 0 Å². The number of carbonyl (C=O) groups excluding carboxylic acids is 1. The van der Waals surface area contributed by atoms with E-state index in [1.54, 1.807) is 17.6 Å². The number of hydroxylamine groups is 1. The van der Waals surface area contributed by atoms with Crippen molar-refractivity contribution >= 4 is 5.91 Å². The lowest BCUT2D eigenvalue weighted by molar-refractivity contribution is 0.0290. The molecule has 2 heterocycles. The van der Waals surface area contributed by atoms with Crippen LogP contribution in [0.4, 0.5) is 4.39 Å². The van der Waals surface area contributed by atoms with Crippen LogP contribution in [0.15, 0.2) is 48.5 Å². The normalized spacial score (nSPS) is 24.8. The largest absolute Gasteiger partial charge is 0.296 e. The molecule has 6 nitrogen and oxygen atoms in total. The lowest BCUT2D eigenvalue weighted by Gasteiger charge is -2.44. The van der Waals surface area contributed by atoms with Crippen molar-refractivity contribution in [2.45, 2.75) is 58.2 Å². The molecular weight excluding hydrogens is 419 g/mol. The fourth-order valence-corrected chi connectivity index (χ4v) is 5.14. The second-order valence-corrected chi connectivity index (χ2v) is 9.64. The third-order valence-corrected chi connectivity index (χ3v) is 6.91. The Kier molecular flexibility index (Phi) is 7.75. The van der Waals surface area contributed by atoms with Crippen LogP contribution in [-0.2, 0) is 19.6 Å². The van der Waals surface area contributed by atoms with Crippen molar-refractivity contribution in [1.29, 1.82) is 0 Å². The van der Waals surface area contributed by atoms with E-state index in [1.165, 1.54) is 11.1 Å². The van der Waals surface area contributed by atoms with E-state index in [0.717, 1.165) is 44.8 Å². The Morgan fingerprint density at radius 3 is 1.91 bits per heavy atom. The predicted octanol–water partition coefficient (Wildman–Crippen LogP) is 3.44. The van der Waals surface area contributed by atoms with Crippen LogP contribution in [0, 0.1) is 0 Å². The number of rotatable bonds is 7. The molecular formula is C26H35FN4O2. The van der Waals surface area contributed by atoms with Crippen LogP contribution in [0.2, 0.25) is 0 Å². The zero-order chi connectivity index (χ0) is 23.4. The molecule has 2 N–H and O–H groups in total. The van der Waals surface area contributed by atoms with Gasteiger partial charge in [0.25, 0.3) is 5.91 Å². The first-order valence-electron chi connectivity index (χ1n) is 11.9. The standard InChI is InChI=1S/C26H35FN4O2/c1-19-13-30(16-22-7-9-24(10-8-22)26(32)28-33)14-20(2)31(19)17-23-5-3-21(4-6-23)15-29-12-11-25(27)18-29/h3-10,19-20,25,33H,11-18H2,1-2H3,(H,28,32)/t19-,20+,25-/m1/s1. The van der Waals surface area contributed by atoms with Crippen LogP contribution in [0.5, 0.6) is 0 Å². The van der Waals surface area contributed by atoms with Crippen LogP contribution in [-0.4, -0.2) is 70.2 Å². The van der Waals surface area contributed by atoms with E-state index >= 15 is 0 Å². The summed E-state index contributed by atoms with van der Waals surface area (Å²) in [4.78, 5) is 18.7. The van der Waals surface area contributed by atoms with Gasteiger partial charge in [0.2, 0.25) is 0 Å².